The molecule has 5 aromatic rings. The van der Waals surface area contributed by atoms with Gasteiger partial charge < -0.3 is 30.1 Å². The minimum atomic E-state index is -1.11. The SMILES string of the molecule is CCN1c2cc3c(cc2C(C)CC1(C)C)C(c1ccccc1C(=O)N(C)CCCC(=O)NCC(C)(CC)C(C)COC(C)(CC)C(=O)NCCC(=O)N1Cc2ccccc2/C=C\c2ccccc21)=c1cc2c4c(c1C3(C)C)CCC[N+]=4CCC2. The lowest BCUT2D eigenvalue weighted by Crippen LogP contribution is -2.50. The van der Waals surface area contributed by atoms with Crippen molar-refractivity contribution in [2.24, 2.45) is 11.3 Å². The molecule has 0 saturated carbocycles. The quantitative estimate of drug-likeness (QED) is 0.0796. The van der Waals surface area contributed by atoms with Gasteiger partial charge in [0.2, 0.25) is 17.2 Å². The highest BCUT2D eigenvalue weighted by Gasteiger charge is 2.44. The molecule has 0 spiro atoms. The van der Waals surface area contributed by atoms with Crippen molar-refractivity contribution in [3.8, 4) is 0 Å². The Morgan fingerprint density at radius 3 is 2.26 bits per heavy atom. The lowest BCUT2D eigenvalue weighted by Gasteiger charge is -2.48. The summed E-state index contributed by atoms with van der Waals surface area (Å²) in [4.78, 5) is 62.7. The van der Waals surface area contributed by atoms with Crippen LogP contribution in [0.5, 0.6) is 0 Å². The summed E-state index contributed by atoms with van der Waals surface area (Å²) in [5, 5.41) is 9.01. The molecule has 0 radical (unpaired) electrons. The molecular weight excluding hydrogens is 1040 g/mol. The molecule has 444 valence electrons. The number of carbonyl (C=O) groups excluding carboxylic acids is 4. The topological polar surface area (TPSA) is 114 Å². The number of nitrogens with zero attached hydrogens (tertiary/aromatic N) is 4. The van der Waals surface area contributed by atoms with Gasteiger partial charge in [-0.2, -0.15) is 0 Å². The largest absolute Gasteiger partial charge is 0.366 e. The molecule has 4 aliphatic heterocycles. The van der Waals surface area contributed by atoms with Crippen LogP contribution in [-0.2, 0) is 43.9 Å². The molecule has 5 aromatic carbocycles. The molecule has 84 heavy (non-hydrogen) atoms. The standard InChI is InChI=1S/C73H92N6O5/c1-13-72(10,49(5)46-84-73(11,14-2)69(83)74-37-36-64(81)78-45-53-27-17-16-25-50(53)34-35-51-26-18-21-32-61(51)78)47-75-63(80)33-24-38-76(12)68(82)55-30-20-19-29-54(55)65-58-42-57-48(4)44-70(6,7)79(15-3)62(57)43-60(58)71(8,9)66-56-31-23-40-77-39-22-28-52(67(56)77)41-59(65)66/h16-21,25-27,29-30,32,34-35,41-43,48-49H,13-15,22-24,28,31,33,36-40,44-47H2,1-12H3,(H-,74,75,80,83)/p+1/b35-34-. The van der Waals surface area contributed by atoms with Crippen molar-refractivity contribution in [1.82, 2.24) is 20.1 Å². The van der Waals surface area contributed by atoms with Gasteiger partial charge in [-0.05, 0) is 169 Å². The van der Waals surface area contributed by atoms with Crippen LogP contribution >= 0.6 is 0 Å². The third kappa shape index (κ3) is 11.4. The summed E-state index contributed by atoms with van der Waals surface area (Å²) in [7, 11) is 1.87. The summed E-state index contributed by atoms with van der Waals surface area (Å²) >= 11 is 0. The van der Waals surface area contributed by atoms with Crippen LogP contribution in [0.2, 0.25) is 0 Å². The first-order chi connectivity index (χ1) is 40.1. The summed E-state index contributed by atoms with van der Waals surface area (Å²) in [6.07, 6.45) is 11.8. The van der Waals surface area contributed by atoms with Gasteiger partial charge in [-0.15, -0.1) is 0 Å². The number of hydrogen-bond acceptors (Lipinski definition) is 6. The van der Waals surface area contributed by atoms with E-state index in [1.165, 1.54) is 55.2 Å². The number of aryl methyl sites for hydroxylation is 1. The van der Waals surface area contributed by atoms with Crippen LogP contribution in [0.4, 0.5) is 11.4 Å². The highest BCUT2D eigenvalue weighted by atomic mass is 16.5. The number of hydrogen-bond donors (Lipinski definition) is 2. The van der Waals surface area contributed by atoms with E-state index in [-0.39, 0.29) is 65.3 Å². The minimum Gasteiger partial charge on any atom is -0.366 e. The van der Waals surface area contributed by atoms with Crippen LogP contribution in [-0.4, -0.2) is 92.6 Å². The molecule has 4 unspecified atom stereocenters. The van der Waals surface area contributed by atoms with Crippen LogP contribution in [0.1, 0.15) is 199 Å². The second kappa shape index (κ2) is 24.3. The zero-order valence-corrected chi connectivity index (χ0v) is 52.5. The molecule has 0 aromatic heterocycles. The number of rotatable bonds is 19. The molecule has 11 nitrogen and oxygen atoms in total. The molecule has 4 amide bonds. The van der Waals surface area contributed by atoms with Gasteiger partial charge in [0.15, 0.2) is 0 Å². The lowest BCUT2D eigenvalue weighted by molar-refractivity contribution is -0.149. The van der Waals surface area contributed by atoms with Crippen LogP contribution in [0.25, 0.3) is 17.7 Å². The number of para-hydroxylation sites is 1. The molecule has 0 fully saturated rings. The van der Waals surface area contributed by atoms with Gasteiger partial charge >= 0.3 is 0 Å². The number of ether oxygens (including phenoxy) is 1. The fraction of sp³-hybridized carbons (Fsp3) is 0.493. The predicted octanol–water partition coefficient (Wildman–Crippen LogP) is 11.5. The maximum atomic E-state index is 15.0. The Kier molecular flexibility index (Phi) is 17.4. The lowest BCUT2D eigenvalue weighted by atomic mass is 9.64. The Labute approximate surface area is 500 Å². The van der Waals surface area contributed by atoms with E-state index in [1.54, 1.807) is 4.90 Å². The van der Waals surface area contributed by atoms with Gasteiger partial charge in [-0.3, -0.25) is 19.2 Å². The third-order valence-corrected chi connectivity index (χ3v) is 20.3. The molecule has 0 saturated heterocycles. The molecule has 4 atom stereocenters. The van der Waals surface area contributed by atoms with E-state index >= 15 is 4.79 Å². The van der Waals surface area contributed by atoms with Crippen molar-refractivity contribution < 1.29 is 23.9 Å². The van der Waals surface area contributed by atoms with Crippen LogP contribution < -0.4 is 35.6 Å². The Hall–Kier alpha value is -6.85. The average molecular weight is 1130 g/mol. The van der Waals surface area contributed by atoms with E-state index in [1.807, 2.05) is 80.4 Å². The van der Waals surface area contributed by atoms with E-state index in [0.29, 0.717) is 50.6 Å². The fourth-order valence-corrected chi connectivity index (χ4v) is 14.7. The molecule has 10 rings (SSSR count). The summed E-state index contributed by atoms with van der Waals surface area (Å²) in [5.74, 6) is -0.0567. The van der Waals surface area contributed by atoms with Crippen LogP contribution in [0.3, 0.4) is 0 Å². The Bertz CT molecular complexity index is 3540. The van der Waals surface area contributed by atoms with E-state index in [2.05, 4.69) is 131 Å². The van der Waals surface area contributed by atoms with Crippen molar-refractivity contribution in [2.75, 3.05) is 62.7 Å². The average Bonchev–Trinajstić information content (AvgIpc) is 0.732. The van der Waals surface area contributed by atoms with Gasteiger partial charge in [-0.1, -0.05) is 121 Å². The summed E-state index contributed by atoms with van der Waals surface area (Å²) in [6, 6.07) is 31.8. The Morgan fingerprint density at radius 1 is 0.810 bits per heavy atom. The monoisotopic (exact) mass is 1130 g/mol. The Morgan fingerprint density at radius 2 is 1.51 bits per heavy atom. The molecule has 2 N–H and O–H groups in total. The molecule has 4 heterocycles. The van der Waals surface area contributed by atoms with Gasteiger partial charge in [0.25, 0.3) is 11.8 Å². The molecule has 1 aliphatic carbocycles. The molecule has 0 bridgehead atoms. The number of fused-ring (bicyclic) bond motifs is 6. The number of amides is 4. The van der Waals surface area contributed by atoms with E-state index in [0.717, 1.165) is 86.1 Å². The van der Waals surface area contributed by atoms with E-state index < -0.39 is 5.60 Å². The van der Waals surface area contributed by atoms with E-state index in [9.17, 15) is 14.4 Å². The van der Waals surface area contributed by atoms with Gasteiger partial charge in [0.1, 0.15) is 18.7 Å². The van der Waals surface area contributed by atoms with Crippen molar-refractivity contribution in [1.29, 1.82) is 0 Å². The Balaban J connectivity index is 0.789. The zero-order chi connectivity index (χ0) is 59.9. The highest BCUT2D eigenvalue weighted by molar-refractivity contribution is 6.02. The number of nitrogens with one attached hydrogen (secondary N) is 2. The highest BCUT2D eigenvalue weighted by Crippen LogP contribution is 2.50. The van der Waals surface area contributed by atoms with Crippen molar-refractivity contribution in [3.05, 3.63) is 163 Å². The summed E-state index contributed by atoms with van der Waals surface area (Å²) < 4.78 is 9.15. The second-order valence-electron chi connectivity index (χ2n) is 26.6. The molecule has 5 aliphatic rings. The van der Waals surface area contributed by atoms with Crippen molar-refractivity contribution in [2.45, 2.75) is 169 Å². The van der Waals surface area contributed by atoms with Gasteiger partial charge in [0, 0.05) is 92.2 Å². The van der Waals surface area contributed by atoms with Crippen molar-refractivity contribution in [3.63, 3.8) is 0 Å². The van der Waals surface area contributed by atoms with Gasteiger partial charge in [-0.25, -0.2) is 4.58 Å². The van der Waals surface area contributed by atoms with Crippen LogP contribution in [0, 0.1) is 11.3 Å². The summed E-state index contributed by atoms with van der Waals surface area (Å²) in [5.41, 5.74) is 14.8. The smallest absolute Gasteiger partial charge is 0.254 e. The molecular formula is C73H93N6O5+. The molecule has 11 heteroatoms. The van der Waals surface area contributed by atoms with E-state index in [4.69, 9.17) is 4.74 Å². The van der Waals surface area contributed by atoms with Gasteiger partial charge in [0.05, 0.1) is 18.8 Å². The first-order valence-corrected chi connectivity index (χ1v) is 31.6. The predicted molar refractivity (Wildman–Crippen MR) is 342 cm³/mol. The maximum Gasteiger partial charge on any atom is 0.254 e. The first kappa shape index (κ1) is 60.3. The van der Waals surface area contributed by atoms with Crippen LogP contribution in [0.15, 0.2) is 91.0 Å². The number of benzene rings is 5. The minimum absolute atomic E-state index is 0.00138. The number of carbonyl (C=O) groups is 4. The van der Waals surface area contributed by atoms with Crippen molar-refractivity contribution >= 4 is 52.7 Å². The zero-order valence-electron chi connectivity index (χ0n) is 52.5. The summed E-state index contributed by atoms with van der Waals surface area (Å²) in [6.45, 7) is 29.5. The fourth-order valence-electron chi connectivity index (χ4n) is 14.7. The first-order valence-electron chi connectivity index (χ1n) is 31.6. The maximum absolute atomic E-state index is 15.0. The normalized spacial score (nSPS) is 19.3. The third-order valence-electron chi connectivity index (χ3n) is 20.3. The number of anilines is 2. The second-order valence-corrected chi connectivity index (χ2v) is 26.6.